The van der Waals surface area contributed by atoms with Gasteiger partial charge in [-0.2, -0.15) is 11.8 Å². The lowest BCUT2D eigenvalue weighted by Gasteiger charge is -2.28. The number of nitrogens with one attached hydrogen (secondary N) is 1. The van der Waals surface area contributed by atoms with Crippen LogP contribution in [0.5, 0.6) is 0 Å². The normalized spacial score (nSPS) is 34.0. The second-order valence-electron chi connectivity index (χ2n) is 5.62. The lowest BCUT2D eigenvalue weighted by molar-refractivity contribution is -0.130. The molecule has 1 saturated heterocycles. The van der Waals surface area contributed by atoms with E-state index in [0.717, 1.165) is 13.1 Å². The van der Waals surface area contributed by atoms with Crippen molar-refractivity contribution in [3.63, 3.8) is 0 Å². The second kappa shape index (κ2) is 5.61. The van der Waals surface area contributed by atoms with Gasteiger partial charge in [0.15, 0.2) is 0 Å². The molecule has 0 aromatic rings. The average Bonchev–Trinajstić information content (AvgIpc) is 2.86. The van der Waals surface area contributed by atoms with Gasteiger partial charge in [-0.25, -0.2) is 0 Å². The zero-order valence-corrected chi connectivity index (χ0v) is 11.9. The Morgan fingerprint density at radius 3 is 2.88 bits per heavy atom. The smallest absolute Gasteiger partial charge is 0.241 e. The van der Waals surface area contributed by atoms with Gasteiger partial charge in [0, 0.05) is 11.3 Å². The summed E-state index contributed by atoms with van der Waals surface area (Å²) in [6.45, 7) is 5.12. The van der Waals surface area contributed by atoms with E-state index in [4.69, 9.17) is 0 Å². The number of hydrogen-bond acceptors (Lipinski definition) is 3. The number of carbonyl (C=O) groups excluding carboxylic acids is 1. The summed E-state index contributed by atoms with van der Waals surface area (Å²) in [7, 11) is 0. The van der Waals surface area contributed by atoms with E-state index in [0.29, 0.717) is 23.1 Å². The molecule has 17 heavy (non-hydrogen) atoms. The number of rotatable bonds is 4. The predicted octanol–water partition coefficient (Wildman–Crippen LogP) is 2.07. The summed E-state index contributed by atoms with van der Waals surface area (Å²) in [5.74, 6) is 0.918. The molecule has 1 heterocycles. The van der Waals surface area contributed by atoms with Crippen molar-refractivity contribution in [2.24, 2.45) is 5.92 Å². The fourth-order valence-electron chi connectivity index (χ4n) is 3.05. The largest absolute Gasteiger partial charge is 0.324 e. The van der Waals surface area contributed by atoms with Crippen LogP contribution in [0.1, 0.15) is 39.5 Å². The molecule has 98 valence electrons. The Balaban J connectivity index is 1.97. The SMILES string of the molecule is CSC1CCCC1N1CNC(CC(C)C)C1=O. The number of thioether (sulfide) groups is 1. The molecule has 3 atom stereocenters. The Morgan fingerprint density at radius 2 is 2.24 bits per heavy atom. The molecule has 3 unspecified atom stereocenters. The van der Waals surface area contributed by atoms with Crippen LogP contribution in [0.3, 0.4) is 0 Å². The summed E-state index contributed by atoms with van der Waals surface area (Å²) in [6, 6.07) is 0.542. The van der Waals surface area contributed by atoms with Crippen LogP contribution >= 0.6 is 11.8 Å². The fraction of sp³-hybridized carbons (Fsp3) is 0.923. The van der Waals surface area contributed by atoms with Gasteiger partial charge < -0.3 is 4.90 Å². The molecule has 0 spiro atoms. The summed E-state index contributed by atoms with van der Waals surface area (Å²) in [5, 5.41) is 4.03. The maximum absolute atomic E-state index is 12.3. The Bertz CT molecular complexity index is 283. The van der Waals surface area contributed by atoms with E-state index in [2.05, 4.69) is 30.3 Å². The lowest BCUT2D eigenvalue weighted by atomic mass is 10.0. The van der Waals surface area contributed by atoms with Crippen molar-refractivity contribution >= 4 is 17.7 Å². The molecule has 0 radical (unpaired) electrons. The highest BCUT2D eigenvalue weighted by molar-refractivity contribution is 7.99. The van der Waals surface area contributed by atoms with Crippen LogP contribution in [0.15, 0.2) is 0 Å². The zero-order chi connectivity index (χ0) is 12.4. The van der Waals surface area contributed by atoms with Crippen LogP contribution in [0.4, 0.5) is 0 Å². The van der Waals surface area contributed by atoms with Gasteiger partial charge in [0.05, 0.1) is 12.7 Å². The van der Waals surface area contributed by atoms with E-state index in [1.807, 2.05) is 11.8 Å². The van der Waals surface area contributed by atoms with Crippen LogP contribution < -0.4 is 5.32 Å². The molecule has 3 nitrogen and oxygen atoms in total. The summed E-state index contributed by atoms with van der Waals surface area (Å²) in [6.07, 6.45) is 6.86. The summed E-state index contributed by atoms with van der Waals surface area (Å²) >= 11 is 1.92. The number of carbonyl (C=O) groups is 1. The first kappa shape index (κ1) is 13.2. The zero-order valence-electron chi connectivity index (χ0n) is 11.1. The Morgan fingerprint density at radius 1 is 1.47 bits per heavy atom. The third kappa shape index (κ3) is 2.79. The van der Waals surface area contributed by atoms with E-state index < -0.39 is 0 Å². The Kier molecular flexibility index (Phi) is 4.36. The average molecular weight is 256 g/mol. The molecule has 0 bridgehead atoms. The van der Waals surface area contributed by atoms with Crippen LogP contribution in [0.25, 0.3) is 0 Å². The maximum atomic E-state index is 12.3. The molecule has 4 heteroatoms. The highest BCUT2D eigenvalue weighted by Crippen LogP contribution is 2.33. The van der Waals surface area contributed by atoms with Crippen molar-refractivity contribution in [1.82, 2.24) is 10.2 Å². The van der Waals surface area contributed by atoms with Gasteiger partial charge in [-0.1, -0.05) is 20.3 Å². The number of amides is 1. The van der Waals surface area contributed by atoms with Crippen molar-refractivity contribution in [1.29, 1.82) is 0 Å². The molecule has 0 aromatic carbocycles. The topological polar surface area (TPSA) is 32.3 Å². The second-order valence-corrected chi connectivity index (χ2v) is 6.70. The Labute approximate surface area is 109 Å². The third-order valence-electron chi connectivity index (χ3n) is 3.92. The summed E-state index contributed by atoms with van der Waals surface area (Å²) < 4.78 is 0. The highest BCUT2D eigenvalue weighted by atomic mass is 32.2. The molecule has 0 aromatic heterocycles. The lowest BCUT2D eigenvalue weighted by Crippen LogP contribution is -2.42. The van der Waals surface area contributed by atoms with Crippen LogP contribution in [-0.4, -0.2) is 41.1 Å². The molecule has 2 aliphatic rings. The molecule has 1 aliphatic carbocycles. The maximum Gasteiger partial charge on any atom is 0.241 e. The first-order valence-corrected chi connectivity index (χ1v) is 7.99. The van der Waals surface area contributed by atoms with Gasteiger partial charge in [0.1, 0.15) is 0 Å². The van der Waals surface area contributed by atoms with Crippen LogP contribution in [-0.2, 0) is 4.79 Å². The minimum Gasteiger partial charge on any atom is -0.324 e. The van der Waals surface area contributed by atoms with E-state index in [-0.39, 0.29) is 6.04 Å². The van der Waals surface area contributed by atoms with E-state index in [9.17, 15) is 4.79 Å². The van der Waals surface area contributed by atoms with E-state index >= 15 is 0 Å². The first-order chi connectivity index (χ1) is 8.13. The van der Waals surface area contributed by atoms with Gasteiger partial charge in [-0.3, -0.25) is 10.1 Å². The molecule has 1 amide bonds. The molecule has 1 aliphatic heterocycles. The van der Waals surface area contributed by atoms with Crippen LogP contribution in [0.2, 0.25) is 0 Å². The van der Waals surface area contributed by atoms with Crippen molar-refractivity contribution in [3.8, 4) is 0 Å². The van der Waals surface area contributed by atoms with Crippen molar-refractivity contribution in [2.75, 3.05) is 12.9 Å². The molecule has 1 saturated carbocycles. The fourth-order valence-corrected chi connectivity index (χ4v) is 4.05. The minimum atomic E-state index is 0.0677. The summed E-state index contributed by atoms with van der Waals surface area (Å²) in [4.78, 5) is 14.4. The highest BCUT2D eigenvalue weighted by Gasteiger charge is 2.40. The first-order valence-electron chi connectivity index (χ1n) is 6.70. The minimum absolute atomic E-state index is 0.0677. The van der Waals surface area contributed by atoms with Gasteiger partial charge in [0.25, 0.3) is 0 Å². The predicted molar refractivity (Wildman–Crippen MR) is 73.0 cm³/mol. The summed E-state index contributed by atoms with van der Waals surface area (Å²) in [5.41, 5.74) is 0. The van der Waals surface area contributed by atoms with Gasteiger partial charge in [-0.05, 0) is 31.4 Å². The number of nitrogens with zero attached hydrogens (tertiary/aromatic N) is 1. The quantitative estimate of drug-likeness (QED) is 0.836. The third-order valence-corrected chi connectivity index (χ3v) is 5.07. The monoisotopic (exact) mass is 256 g/mol. The van der Waals surface area contributed by atoms with Crippen LogP contribution in [0, 0.1) is 5.92 Å². The van der Waals surface area contributed by atoms with Gasteiger partial charge in [0.2, 0.25) is 5.91 Å². The molecule has 2 rings (SSSR count). The van der Waals surface area contributed by atoms with Crippen molar-refractivity contribution in [3.05, 3.63) is 0 Å². The van der Waals surface area contributed by atoms with E-state index in [1.165, 1.54) is 19.3 Å². The van der Waals surface area contributed by atoms with Crippen molar-refractivity contribution in [2.45, 2.75) is 56.9 Å². The molecular formula is C13H24N2OS. The Hall–Kier alpha value is -0.220. The van der Waals surface area contributed by atoms with E-state index in [1.54, 1.807) is 0 Å². The van der Waals surface area contributed by atoms with Gasteiger partial charge >= 0.3 is 0 Å². The standard InChI is InChI=1S/C13H24N2OS/c1-9(2)7-10-13(16)15(8-14-10)11-5-4-6-12(11)17-3/h9-12,14H,4-8H2,1-3H3. The number of hydrogen-bond donors (Lipinski definition) is 1. The van der Waals surface area contributed by atoms with Crippen molar-refractivity contribution < 1.29 is 4.79 Å². The molecule has 1 N–H and O–H groups in total. The molecular weight excluding hydrogens is 232 g/mol. The molecule has 2 fully saturated rings. The van der Waals surface area contributed by atoms with Gasteiger partial charge in [-0.15, -0.1) is 0 Å².